The average Bonchev–Trinajstić information content (AvgIpc) is 3.05. The van der Waals surface area contributed by atoms with E-state index < -0.39 is 6.10 Å². The molecule has 0 saturated heterocycles. The van der Waals surface area contributed by atoms with E-state index in [1.165, 1.54) is 0 Å². The molecule has 0 fully saturated rings. The van der Waals surface area contributed by atoms with Crippen LogP contribution in [0.2, 0.25) is 0 Å². The molecule has 1 heterocycles. The van der Waals surface area contributed by atoms with Gasteiger partial charge in [-0.3, -0.25) is 0 Å². The first-order chi connectivity index (χ1) is 22.7. The first-order valence-corrected chi connectivity index (χ1v) is 16.5. The number of para-hydroxylation sites is 1. The van der Waals surface area contributed by atoms with Crippen molar-refractivity contribution < 1.29 is 19.7 Å². The molecule has 1 aromatic heterocycles. The quantitative estimate of drug-likeness (QED) is 0.118. The number of phenols is 1. The summed E-state index contributed by atoms with van der Waals surface area (Å²) in [7, 11) is 0. The molecule has 7 nitrogen and oxygen atoms in total. The molecule has 7 heteroatoms. The van der Waals surface area contributed by atoms with Crippen molar-refractivity contribution in [1.29, 1.82) is 0 Å². The van der Waals surface area contributed by atoms with E-state index in [2.05, 4.69) is 58.9 Å². The van der Waals surface area contributed by atoms with Gasteiger partial charge in [0.15, 0.2) is 17.5 Å². The number of benzene rings is 4. The normalized spacial score (nSPS) is 11.8. The molecule has 0 saturated carbocycles. The SMILES string of the molecule is CCCCCCc1cc(-c2nc(-c3ccc(C)cc3C)nc(-c3ccc(C)cc3C)n2)c(O)cc1OCC(O)COc1ccccc1. The number of rotatable bonds is 14. The summed E-state index contributed by atoms with van der Waals surface area (Å²) < 4.78 is 11.8. The van der Waals surface area contributed by atoms with Crippen LogP contribution in [0.1, 0.15) is 60.4 Å². The molecule has 0 aliphatic heterocycles. The Balaban J connectivity index is 1.52. The molecule has 1 atom stereocenters. The van der Waals surface area contributed by atoms with Gasteiger partial charge >= 0.3 is 0 Å². The number of aromatic hydroxyl groups is 1. The Hall–Kier alpha value is -4.75. The molecule has 0 aliphatic rings. The van der Waals surface area contributed by atoms with Gasteiger partial charge in [0, 0.05) is 17.2 Å². The van der Waals surface area contributed by atoms with E-state index in [9.17, 15) is 10.2 Å². The van der Waals surface area contributed by atoms with Crippen LogP contribution in [0.3, 0.4) is 0 Å². The molecule has 244 valence electrons. The van der Waals surface area contributed by atoms with Gasteiger partial charge in [0.2, 0.25) is 0 Å². The van der Waals surface area contributed by atoms with Crippen molar-refractivity contribution in [2.45, 2.75) is 72.8 Å². The zero-order valence-corrected chi connectivity index (χ0v) is 28.1. The number of ether oxygens (including phenoxy) is 2. The molecule has 0 bridgehead atoms. The van der Waals surface area contributed by atoms with Crippen molar-refractivity contribution in [3.05, 3.63) is 107 Å². The second-order valence-corrected chi connectivity index (χ2v) is 12.3. The van der Waals surface area contributed by atoms with Crippen molar-refractivity contribution in [3.8, 4) is 51.4 Å². The Labute approximate surface area is 278 Å². The van der Waals surface area contributed by atoms with Crippen LogP contribution < -0.4 is 9.47 Å². The Morgan fingerprint density at radius 2 is 1.21 bits per heavy atom. The Morgan fingerprint density at radius 1 is 0.638 bits per heavy atom. The van der Waals surface area contributed by atoms with Gasteiger partial charge in [0.25, 0.3) is 0 Å². The number of unbranched alkanes of at least 4 members (excludes halogenated alkanes) is 3. The number of hydrogen-bond donors (Lipinski definition) is 2. The number of aliphatic hydroxyl groups excluding tert-OH is 1. The summed E-state index contributed by atoms with van der Waals surface area (Å²) in [5.41, 5.74) is 7.70. The van der Waals surface area contributed by atoms with Crippen molar-refractivity contribution in [1.82, 2.24) is 15.0 Å². The van der Waals surface area contributed by atoms with Gasteiger partial charge in [0.1, 0.15) is 36.6 Å². The van der Waals surface area contributed by atoms with Crippen LogP contribution in [0, 0.1) is 27.7 Å². The van der Waals surface area contributed by atoms with E-state index in [0.29, 0.717) is 34.5 Å². The van der Waals surface area contributed by atoms with E-state index in [0.717, 1.165) is 71.0 Å². The van der Waals surface area contributed by atoms with Gasteiger partial charge in [-0.2, -0.15) is 0 Å². The maximum Gasteiger partial charge on any atom is 0.167 e. The summed E-state index contributed by atoms with van der Waals surface area (Å²) in [6, 6.07) is 25.3. The molecule has 1 unspecified atom stereocenters. The summed E-state index contributed by atoms with van der Waals surface area (Å²) in [6.07, 6.45) is 4.21. The van der Waals surface area contributed by atoms with E-state index in [1.807, 2.05) is 48.5 Å². The maximum atomic E-state index is 11.4. The molecule has 5 aromatic rings. The summed E-state index contributed by atoms with van der Waals surface area (Å²) in [6.45, 7) is 10.5. The predicted molar refractivity (Wildman–Crippen MR) is 188 cm³/mol. The Bertz CT molecular complexity index is 1740. The highest BCUT2D eigenvalue weighted by Gasteiger charge is 2.20. The molecule has 0 aliphatic carbocycles. The van der Waals surface area contributed by atoms with E-state index in [-0.39, 0.29) is 19.0 Å². The van der Waals surface area contributed by atoms with Crippen LogP contribution in [0.15, 0.2) is 78.9 Å². The minimum atomic E-state index is -0.853. The van der Waals surface area contributed by atoms with E-state index in [4.69, 9.17) is 24.4 Å². The molecular formula is C40H45N3O4. The topological polar surface area (TPSA) is 97.6 Å². The van der Waals surface area contributed by atoms with Crippen molar-refractivity contribution in [2.75, 3.05) is 13.2 Å². The zero-order chi connectivity index (χ0) is 33.3. The summed E-state index contributed by atoms with van der Waals surface area (Å²) in [4.78, 5) is 14.8. The third-order valence-corrected chi connectivity index (χ3v) is 8.22. The van der Waals surface area contributed by atoms with Crippen LogP contribution in [0.5, 0.6) is 17.2 Å². The number of aliphatic hydroxyl groups is 1. The standard InChI is InChI=1S/C40H45N3O4/c1-6-7-8-10-13-30-22-35(36(45)23-37(30)47-25-31(44)24-46-32-14-11-9-12-15-32)40-42-38(33-18-16-26(2)20-28(33)4)41-39(43-40)34-19-17-27(3)21-29(34)5/h9,11-12,14-23,31,44-45H,6-8,10,13,24-25H2,1-5H3. The number of nitrogens with zero attached hydrogens (tertiary/aromatic N) is 3. The molecule has 0 radical (unpaired) electrons. The minimum absolute atomic E-state index is 0.00307. The molecular weight excluding hydrogens is 586 g/mol. The largest absolute Gasteiger partial charge is 0.507 e. The minimum Gasteiger partial charge on any atom is -0.507 e. The lowest BCUT2D eigenvalue weighted by Gasteiger charge is -2.18. The van der Waals surface area contributed by atoms with Crippen LogP contribution in [-0.2, 0) is 6.42 Å². The van der Waals surface area contributed by atoms with E-state index >= 15 is 0 Å². The number of aryl methyl sites for hydroxylation is 5. The van der Waals surface area contributed by atoms with Crippen molar-refractivity contribution in [2.24, 2.45) is 0 Å². The molecule has 0 amide bonds. The maximum absolute atomic E-state index is 11.4. The first-order valence-electron chi connectivity index (χ1n) is 16.5. The first kappa shape index (κ1) is 33.6. The molecule has 47 heavy (non-hydrogen) atoms. The van der Waals surface area contributed by atoms with Crippen LogP contribution in [-0.4, -0.2) is 44.5 Å². The fraction of sp³-hybridized carbons (Fsp3) is 0.325. The van der Waals surface area contributed by atoms with Gasteiger partial charge in [-0.1, -0.05) is 91.9 Å². The second kappa shape index (κ2) is 15.7. The number of phenolic OH excluding ortho intramolecular Hbond substituents is 1. The second-order valence-electron chi connectivity index (χ2n) is 12.3. The predicted octanol–water partition coefficient (Wildman–Crippen LogP) is 8.75. The molecule has 5 rings (SSSR count). The van der Waals surface area contributed by atoms with Gasteiger partial charge in [-0.25, -0.2) is 15.0 Å². The van der Waals surface area contributed by atoms with Crippen molar-refractivity contribution >= 4 is 0 Å². The third kappa shape index (κ3) is 8.74. The highest BCUT2D eigenvalue weighted by Crippen LogP contribution is 2.37. The van der Waals surface area contributed by atoms with Gasteiger partial charge in [-0.05, 0) is 75.4 Å². The van der Waals surface area contributed by atoms with Crippen molar-refractivity contribution in [3.63, 3.8) is 0 Å². The Kier molecular flexibility index (Phi) is 11.2. The van der Waals surface area contributed by atoms with Crippen LogP contribution in [0.25, 0.3) is 34.2 Å². The fourth-order valence-electron chi connectivity index (χ4n) is 5.67. The lowest BCUT2D eigenvalue weighted by Crippen LogP contribution is -2.25. The summed E-state index contributed by atoms with van der Waals surface area (Å²) in [5.74, 6) is 2.70. The van der Waals surface area contributed by atoms with E-state index in [1.54, 1.807) is 6.07 Å². The van der Waals surface area contributed by atoms with Crippen LogP contribution in [0.4, 0.5) is 0 Å². The van der Waals surface area contributed by atoms with Gasteiger partial charge < -0.3 is 19.7 Å². The smallest absolute Gasteiger partial charge is 0.167 e. The molecule has 2 N–H and O–H groups in total. The monoisotopic (exact) mass is 631 g/mol. The zero-order valence-electron chi connectivity index (χ0n) is 28.1. The summed E-state index contributed by atoms with van der Waals surface area (Å²) in [5, 5.41) is 22.1. The lowest BCUT2D eigenvalue weighted by molar-refractivity contribution is 0.0622. The average molecular weight is 632 g/mol. The van der Waals surface area contributed by atoms with Gasteiger partial charge in [0.05, 0.1) is 5.56 Å². The molecule has 4 aromatic carbocycles. The fourth-order valence-corrected chi connectivity index (χ4v) is 5.67. The van der Waals surface area contributed by atoms with Crippen LogP contribution >= 0.6 is 0 Å². The third-order valence-electron chi connectivity index (χ3n) is 8.22. The summed E-state index contributed by atoms with van der Waals surface area (Å²) >= 11 is 0. The lowest BCUT2D eigenvalue weighted by atomic mass is 10.0. The van der Waals surface area contributed by atoms with Gasteiger partial charge in [-0.15, -0.1) is 0 Å². The Morgan fingerprint density at radius 3 is 1.79 bits per heavy atom. The highest BCUT2D eigenvalue weighted by atomic mass is 16.5. The highest BCUT2D eigenvalue weighted by molar-refractivity contribution is 5.73. The number of hydrogen-bond acceptors (Lipinski definition) is 7. The molecule has 0 spiro atoms. The number of aromatic nitrogens is 3.